The van der Waals surface area contributed by atoms with Crippen LogP contribution in [-0.2, 0) is 0 Å². The van der Waals surface area contributed by atoms with E-state index in [0.717, 1.165) is 28.9 Å². The van der Waals surface area contributed by atoms with Crippen LogP contribution in [0.2, 0.25) is 0 Å². The van der Waals surface area contributed by atoms with Gasteiger partial charge in [-0.15, -0.1) is 0 Å². The summed E-state index contributed by atoms with van der Waals surface area (Å²) >= 11 is 0. The molecule has 1 atom stereocenters. The highest BCUT2D eigenvalue weighted by atomic mass is 16.2. The molecule has 2 N–H and O–H groups in total. The Balaban J connectivity index is 2.20. The number of nitrogens with zero attached hydrogens (tertiary/aromatic N) is 1. The van der Waals surface area contributed by atoms with Crippen molar-refractivity contribution in [1.82, 2.24) is 0 Å². The molecule has 1 heterocycles. The molecule has 2 amide bonds. The van der Waals surface area contributed by atoms with Crippen molar-refractivity contribution in [2.45, 2.75) is 13.3 Å². The van der Waals surface area contributed by atoms with E-state index in [1.54, 1.807) is 4.90 Å². The highest BCUT2D eigenvalue weighted by Gasteiger charge is 2.26. The summed E-state index contributed by atoms with van der Waals surface area (Å²) in [4.78, 5) is 13.5. The fourth-order valence-corrected chi connectivity index (χ4v) is 2.64. The smallest absolute Gasteiger partial charge is 0.323 e. The molecule has 0 spiro atoms. The van der Waals surface area contributed by atoms with E-state index in [9.17, 15) is 4.79 Å². The van der Waals surface area contributed by atoms with Crippen molar-refractivity contribution in [2.75, 3.05) is 4.90 Å². The molecule has 2 aliphatic rings. The number of carbonyl (C=O) groups is 1. The van der Waals surface area contributed by atoms with E-state index < -0.39 is 6.03 Å². The molecule has 19 heavy (non-hydrogen) atoms. The highest BCUT2D eigenvalue weighted by Crippen LogP contribution is 2.35. The lowest BCUT2D eigenvalue weighted by atomic mass is 9.94. The molecular formula is C16H16N2O. The molecule has 1 aliphatic carbocycles. The fraction of sp³-hybridized carbons (Fsp3) is 0.188. The minimum absolute atomic E-state index is 0.416. The summed E-state index contributed by atoms with van der Waals surface area (Å²) in [5.74, 6) is 0.416. The minimum Gasteiger partial charge on any atom is -0.351 e. The maximum absolute atomic E-state index is 11.9. The normalized spacial score (nSPS) is 20.9. The second kappa shape index (κ2) is 4.43. The molecule has 0 radical (unpaired) electrons. The van der Waals surface area contributed by atoms with Crippen molar-refractivity contribution in [3.63, 3.8) is 0 Å². The Bertz CT molecular complexity index is 625. The summed E-state index contributed by atoms with van der Waals surface area (Å²) in [5.41, 5.74) is 9.53. The molecule has 96 valence electrons. The predicted molar refractivity (Wildman–Crippen MR) is 77.5 cm³/mol. The van der Waals surface area contributed by atoms with Crippen LogP contribution in [0.5, 0.6) is 0 Å². The summed E-state index contributed by atoms with van der Waals surface area (Å²) in [6.45, 7) is 2.14. The molecule has 3 nitrogen and oxygen atoms in total. The number of anilines is 1. The standard InChI is InChI=1S/C16H16N2O/c1-11-6-7-13-9-8-12-4-2-3-5-14(12)18(16(17)19)15(13)10-11/h2-9,11H,10H2,1H3,(H2,17,19). The molecule has 1 unspecified atom stereocenters. The molecule has 1 aromatic rings. The first kappa shape index (κ1) is 11.8. The molecule has 3 heteroatoms. The topological polar surface area (TPSA) is 46.3 Å². The van der Waals surface area contributed by atoms with Gasteiger partial charge in [-0.3, -0.25) is 4.90 Å². The zero-order valence-electron chi connectivity index (χ0n) is 10.8. The van der Waals surface area contributed by atoms with Crippen LogP contribution in [0.1, 0.15) is 18.9 Å². The van der Waals surface area contributed by atoms with Gasteiger partial charge in [0.1, 0.15) is 0 Å². The van der Waals surface area contributed by atoms with E-state index in [2.05, 4.69) is 25.2 Å². The third kappa shape index (κ3) is 1.97. The second-order valence-electron chi connectivity index (χ2n) is 5.01. The molecule has 3 rings (SSSR count). The summed E-state index contributed by atoms with van der Waals surface area (Å²) < 4.78 is 0. The Kier molecular flexibility index (Phi) is 2.75. The van der Waals surface area contributed by atoms with Gasteiger partial charge in [0, 0.05) is 5.70 Å². The van der Waals surface area contributed by atoms with Gasteiger partial charge in [-0.2, -0.15) is 0 Å². The largest absolute Gasteiger partial charge is 0.351 e. The Morgan fingerprint density at radius 1 is 1.26 bits per heavy atom. The zero-order valence-corrected chi connectivity index (χ0v) is 10.8. The number of carbonyl (C=O) groups excluding carboxylic acids is 1. The van der Waals surface area contributed by atoms with Crippen LogP contribution >= 0.6 is 0 Å². The van der Waals surface area contributed by atoms with E-state index >= 15 is 0 Å². The van der Waals surface area contributed by atoms with E-state index in [4.69, 9.17) is 5.73 Å². The third-order valence-corrected chi connectivity index (χ3v) is 3.56. The average Bonchev–Trinajstić information content (AvgIpc) is 2.54. The van der Waals surface area contributed by atoms with Crippen molar-refractivity contribution in [3.05, 3.63) is 59.3 Å². The number of primary amides is 1. The maximum Gasteiger partial charge on any atom is 0.323 e. The number of benzene rings is 1. The van der Waals surface area contributed by atoms with Crippen LogP contribution in [0.15, 0.2) is 53.8 Å². The molecule has 0 fully saturated rings. The Hall–Kier alpha value is -2.29. The van der Waals surface area contributed by atoms with Crippen molar-refractivity contribution in [1.29, 1.82) is 0 Å². The second-order valence-corrected chi connectivity index (χ2v) is 5.01. The van der Waals surface area contributed by atoms with Gasteiger partial charge in [-0.25, -0.2) is 4.79 Å². The number of hydrogen-bond acceptors (Lipinski definition) is 1. The quantitative estimate of drug-likeness (QED) is 0.755. The molecule has 0 saturated carbocycles. The van der Waals surface area contributed by atoms with Gasteiger partial charge in [0.2, 0.25) is 0 Å². The number of rotatable bonds is 0. The molecule has 0 saturated heterocycles. The monoisotopic (exact) mass is 252 g/mol. The lowest BCUT2D eigenvalue weighted by Gasteiger charge is -2.28. The maximum atomic E-state index is 11.9. The van der Waals surface area contributed by atoms with E-state index in [1.165, 1.54) is 0 Å². The third-order valence-electron chi connectivity index (χ3n) is 3.56. The number of para-hydroxylation sites is 1. The summed E-state index contributed by atoms with van der Waals surface area (Å²) in [6.07, 6.45) is 9.15. The van der Waals surface area contributed by atoms with Crippen molar-refractivity contribution in [3.8, 4) is 0 Å². The number of allylic oxidation sites excluding steroid dienone is 5. The van der Waals surface area contributed by atoms with Crippen molar-refractivity contribution >= 4 is 17.8 Å². The van der Waals surface area contributed by atoms with E-state index in [-0.39, 0.29) is 0 Å². The fourth-order valence-electron chi connectivity index (χ4n) is 2.64. The van der Waals surface area contributed by atoms with Crippen LogP contribution in [-0.4, -0.2) is 6.03 Å². The lowest BCUT2D eigenvalue weighted by Crippen LogP contribution is -2.36. The zero-order chi connectivity index (χ0) is 13.4. The number of nitrogens with two attached hydrogens (primary N) is 1. The summed E-state index contributed by atoms with van der Waals surface area (Å²) in [5, 5.41) is 0. The molecule has 1 aromatic carbocycles. The van der Waals surface area contributed by atoms with Crippen molar-refractivity contribution < 1.29 is 4.79 Å². The van der Waals surface area contributed by atoms with Crippen LogP contribution in [0.3, 0.4) is 0 Å². The van der Waals surface area contributed by atoms with Crippen LogP contribution in [0.25, 0.3) is 6.08 Å². The number of hydrogen-bond donors (Lipinski definition) is 1. The predicted octanol–water partition coefficient (Wildman–Crippen LogP) is 3.45. The van der Waals surface area contributed by atoms with Crippen LogP contribution in [0.4, 0.5) is 10.5 Å². The first-order chi connectivity index (χ1) is 9.16. The number of amides is 2. The van der Waals surface area contributed by atoms with E-state index in [0.29, 0.717) is 5.92 Å². The SMILES string of the molecule is CC1C=CC2=C(C1)N(C(N)=O)c1ccccc1C=C2. The molecule has 0 aromatic heterocycles. The molecular weight excluding hydrogens is 236 g/mol. The Morgan fingerprint density at radius 3 is 2.84 bits per heavy atom. The van der Waals surface area contributed by atoms with Crippen LogP contribution < -0.4 is 10.6 Å². The summed E-state index contributed by atoms with van der Waals surface area (Å²) in [7, 11) is 0. The molecule has 0 bridgehead atoms. The highest BCUT2D eigenvalue weighted by molar-refractivity contribution is 5.97. The van der Waals surface area contributed by atoms with Crippen LogP contribution in [0, 0.1) is 5.92 Å². The van der Waals surface area contributed by atoms with Gasteiger partial charge < -0.3 is 5.73 Å². The minimum atomic E-state index is -0.425. The lowest BCUT2D eigenvalue weighted by molar-refractivity contribution is 0.255. The Labute approximate surface area is 112 Å². The first-order valence-corrected chi connectivity index (χ1v) is 6.45. The number of urea groups is 1. The molecule has 1 aliphatic heterocycles. The number of fused-ring (bicyclic) bond motifs is 1. The van der Waals surface area contributed by atoms with Crippen molar-refractivity contribution in [2.24, 2.45) is 11.7 Å². The van der Waals surface area contributed by atoms with Gasteiger partial charge in [0.25, 0.3) is 0 Å². The van der Waals surface area contributed by atoms with Gasteiger partial charge in [0.05, 0.1) is 5.69 Å². The van der Waals surface area contributed by atoms with Gasteiger partial charge in [-0.05, 0) is 29.5 Å². The van der Waals surface area contributed by atoms with Gasteiger partial charge in [0.15, 0.2) is 0 Å². The van der Waals surface area contributed by atoms with E-state index in [1.807, 2.05) is 30.3 Å². The average molecular weight is 252 g/mol. The van der Waals surface area contributed by atoms with Gasteiger partial charge >= 0.3 is 6.03 Å². The van der Waals surface area contributed by atoms with Gasteiger partial charge in [-0.1, -0.05) is 49.4 Å². The first-order valence-electron chi connectivity index (χ1n) is 6.45. The summed E-state index contributed by atoms with van der Waals surface area (Å²) in [6, 6.07) is 7.39. The Morgan fingerprint density at radius 2 is 2.05 bits per heavy atom.